The van der Waals surface area contributed by atoms with Crippen LogP contribution in [0.2, 0.25) is 0 Å². The van der Waals surface area contributed by atoms with Crippen molar-refractivity contribution in [2.24, 2.45) is 11.0 Å². The van der Waals surface area contributed by atoms with Crippen molar-refractivity contribution in [2.45, 2.75) is 32.6 Å². The molecule has 18 heavy (non-hydrogen) atoms. The van der Waals surface area contributed by atoms with Crippen LogP contribution < -0.4 is 5.43 Å². The zero-order valence-corrected chi connectivity index (χ0v) is 10.5. The van der Waals surface area contributed by atoms with E-state index in [1.54, 1.807) is 18.2 Å². The van der Waals surface area contributed by atoms with Gasteiger partial charge in [0.25, 0.3) is 0 Å². The summed E-state index contributed by atoms with van der Waals surface area (Å²) in [5.74, 6) is -0.128. The lowest BCUT2D eigenvalue weighted by molar-refractivity contribution is 0.0697. The van der Waals surface area contributed by atoms with Crippen LogP contribution in [0.25, 0.3) is 0 Å². The van der Waals surface area contributed by atoms with Crippen LogP contribution in [0.4, 0.5) is 5.69 Å². The predicted octanol–water partition coefficient (Wildman–Crippen LogP) is 3.36. The molecule has 1 fully saturated rings. The van der Waals surface area contributed by atoms with Crippen molar-refractivity contribution in [3.63, 3.8) is 0 Å². The molecule has 0 spiro atoms. The predicted molar refractivity (Wildman–Crippen MR) is 72.1 cm³/mol. The van der Waals surface area contributed by atoms with Crippen molar-refractivity contribution in [2.75, 3.05) is 5.43 Å². The second-order valence-electron chi connectivity index (χ2n) is 4.86. The molecule has 0 radical (unpaired) electrons. The molecule has 0 heterocycles. The third-order valence-electron chi connectivity index (χ3n) is 3.30. The normalized spacial score (nSPS) is 19.4. The van der Waals surface area contributed by atoms with Gasteiger partial charge in [-0.25, -0.2) is 4.79 Å². The number of nitrogens with one attached hydrogen (secondary N) is 1. The first-order chi connectivity index (χ1) is 8.65. The molecule has 1 aliphatic rings. The number of hydrogen-bond acceptors (Lipinski definition) is 3. The molecule has 96 valence electrons. The quantitative estimate of drug-likeness (QED) is 0.804. The van der Waals surface area contributed by atoms with E-state index >= 15 is 0 Å². The molecule has 0 unspecified atom stereocenters. The summed E-state index contributed by atoms with van der Waals surface area (Å²) in [5.41, 5.74) is 5.12. The van der Waals surface area contributed by atoms with Gasteiger partial charge in [0.1, 0.15) is 0 Å². The molecular weight excluding hydrogens is 228 g/mol. The van der Waals surface area contributed by atoms with Gasteiger partial charge in [0.05, 0.1) is 11.3 Å². The molecule has 0 saturated heterocycles. The first-order valence-electron chi connectivity index (χ1n) is 6.30. The second-order valence-corrected chi connectivity index (χ2v) is 4.86. The van der Waals surface area contributed by atoms with Crippen molar-refractivity contribution < 1.29 is 9.90 Å². The fourth-order valence-corrected chi connectivity index (χ4v) is 2.07. The van der Waals surface area contributed by atoms with Gasteiger partial charge >= 0.3 is 5.97 Å². The number of carboxylic acids is 1. The zero-order valence-electron chi connectivity index (χ0n) is 10.5. The van der Waals surface area contributed by atoms with Crippen molar-refractivity contribution in [3.8, 4) is 0 Å². The average molecular weight is 246 g/mol. The lowest BCUT2D eigenvalue weighted by atomic mass is 9.90. The number of aromatic carboxylic acids is 1. The summed E-state index contributed by atoms with van der Waals surface area (Å²) in [6, 6.07) is 6.71. The third-order valence-corrected chi connectivity index (χ3v) is 3.30. The first kappa shape index (κ1) is 12.6. The van der Waals surface area contributed by atoms with E-state index in [0.29, 0.717) is 0 Å². The molecule has 0 aromatic heterocycles. The number of carbonyl (C=O) groups is 1. The Bertz CT molecular complexity index is 459. The molecule has 4 heteroatoms. The van der Waals surface area contributed by atoms with E-state index in [-0.39, 0.29) is 5.56 Å². The Morgan fingerprint density at radius 3 is 2.78 bits per heavy atom. The Morgan fingerprint density at radius 2 is 2.11 bits per heavy atom. The number of carboxylic acid groups (broad SMARTS) is 1. The zero-order chi connectivity index (χ0) is 13.0. The summed E-state index contributed by atoms with van der Waals surface area (Å²) < 4.78 is 0. The van der Waals surface area contributed by atoms with Crippen LogP contribution >= 0.6 is 0 Å². The maximum Gasteiger partial charge on any atom is 0.335 e. The Kier molecular flexibility index (Phi) is 3.97. The SMILES string of the molecule is CC1CCC(=NNc2cccc(C(=O)O)c2)CC1. The van der Waals surface area contributed by atoms with Crippen LogP contribution in [-0.2, 0) is 0 Å². The smallest absolute Gasteiger partial charge is 0.335 e. The van der Waals surface area contributed by atoms with Gasteiger partial charge in [-0.2, -0.15) is 5.10 Å². The fourth-order valence-electron chi connectivity index (χ4n) is 2.07. The van der Waals surface area contributed by atoms with Gasteiger partial charge in [0, 0.05) is 5.71 Å². The number of nitrogens with zero attached hydrogens (tertiary/aromatic N) is 1. The summed E-state index contributed by atoms with van der Waals surface area (Å²) in [7, 11) is 0. The van der Waals surface area contributed by atoms with Gasteiger partial charge in [-0.3, -0.25) is 5.43 Å². The second kappa shape index (κ2) is 5.67. The minimum absolute atomic E-state index is 0.275. The summed E-state index contributed by atoms with van der Waals surface area (Å²) in [6.07, 6.45) is 4.45. The van der Waals surface area contributed by atoms with E-state index in [4.69, 9.17) is 5.11 Å². The van der Waals surface area contributed by atoms with Crippen molar-refractivity contribution >= 4 is 17.4 Å². The first-order valence-corrected chi connectivity index (χ1v) is 6.30. The molecule has 2 N–H and O–H groups in total. The molecule has 0 amide bonds. The fraction of sp³-hybridized carbons (Fsp3) is 0.429. The number of anilines is 1. The average Bonchev–Trinajstić information content (AvgIpc) is 2.38. The maximum absolute atomic E-state index is 10.8. The molecule has 0 atom stereocenters. The van der Waals surface area contributed by atoms with Gasteiger partial charge in [0.2, 0.25) is 0 Å². The molecule has 1 saturated carbocycles. The molecule has 1 aliphatic carbocycles. The molecule has 1 aromatic rings. The molecule has 4 nitrogen and oxygen atoms in total. The highest BCUT2D eigenvalue weighted by Crippen LogP contribution is 2.21. The maximum atomic E-state index is 10.8. The van der Waals surface area contributed by atoms with E-state index in [9.17, 15) is 4.79 Å². The minimum atomic E-state index is -0.919. The monoisotopic (exact) mass is 246 g/mol. The van der Waals surface area contributed by atoms with Crippen molar-refractivity contribution in [1.29, 1.82) is 0 Å². The van der Waals surface area contributed by atoms with E-state index in [0.717, 1.165) is 24.4 Å². The lowest BCUT2D eigenvalue weighted by Gasteiger charge is -2.18. The highest BCUT2D eigenvalue weighted by molar-refractivity contribution is 5.89. The van der Waals surface area contributed by atoms with Gasteiger partial charge < -0.3 is 5.11 Å². The van der Waals surface area contributed by atoms with E-state index < -0.39 is 5.97 Å². The minimum Gasteiger partial charge on any atom is -0.478 e. The summed E-state index contributed by atoms with van der Waals surface area (Å²) in [6.45, 7) is 2.26. The van der Waals surface area contributed by atoms with Crippen LogP contribution in [0.15, 0.2) is 29.4 Å². The van der Waals surface area contributed by atoms with Crippen LogP contribution in [0, 0.1) is 5.92 Å². The van der Waals surface area contributed by atoms with Crippen molar-refractivity contribution in [3.05, 3.63) is 29.8 Å². The molecular formula is C14H18N2O2. The van der Waals surface area contributed by atoms with E-state index in [1.807, 2.05) is 6.07 Å². The van der Waals surface area contributed by atoms with Gasteiger partial charge in [-0.05, 0) is 49.8 Å². The summed E-state index contributed by atoms with van der Waals surface area (Å²) in [4.78, 5) is 10.8. The molecule has 0 aliphatic heterocycles. The van der Waals surface area contributed by atoms with Gasteiger partial charge in [-0.1, -0.05) is 13.0 Å². The number of hydrazone groups is 1. The number of rotatable bonds is 3. The van der Waals surface area contributed by atoms with E-state index in [2.05, 4.69) is 17.5 Å². The Morgan fingerprint density at radius 1 is 1.39 bits per heavy atom. The Labute approximate surface area is 107 Å². The highest BCUT2D eigenvalue weighted by atomic mass is 16.4. The third kappa shape index (κ3) is 3.32. The molecule has 1 aromatic carbocycles. The highest BCUT2D eigenvalue weighted by Gasteiger charge is 2.13. The number of hydrogen-bond donors (Lipinski definition) is 2. The Balaban J connectivity index is 1.99. The van der Waals surface area contributed by atoms with Crippen LogP contribution in [-0.4, -0.2) is 16.8 Å². The largest absolute Gasteiger partial charge is 0.478 e. The molecule has 0 bridgehead atoms. The van der Waals surface area contributed by atoms with E-state index in [1.165, 1.54) is 18.6 Å². The van der Waals surface area contributed by atoms with Crippen molar-refractivity contribution in [1.82, 2.24) is 0 Å². The Hall–Kier alpha value is -1.84. The topological polar surface area (TPSA) is 61.7 Å². The van der Waals surface area contributed by atoms with Crippen LogP contribution in [0.3, 0.4) is 0 Å². The van der Waals surface area contributed by atoms with Gasteiger partial charge in [-0.15, -0.1) is 0 Å². The standard InChI is InChI=1S/C14H18N2O2/c1-10-5-7-12(8-6-10)15-16-13-4-2-3-11(9-13)14(17)18/h2-4,9-10,16H,5-8H2,1H3,(H,17,18). The summed E-state index contributed by atoms with van der Waals surface area (Å²) in [5, 5.41) is 13.3. The lowest BCUT2D eigenvalue weighted by Crippen LogP contribution is -2.13. The number of benzene rings is 1. The van der Waals surface area contributed by atoms with Gasteiger partial charge in [0.15, 0.2) is 0 Å². The molecule has 2 rings (SSSR count). The summed E-state index contributed by atoms with van der Waals surface area (Å²) >= 11 is 0. The van der Waals surface area contributed by atoms with Crippen LogP contribution in [0.1, 0.15) is 43.0 Å². The van der Waals surface area contributed by atoms with Crippen LogP contribution in [0.5, 0.6) is 0 Å².